The van der Waals surface area contributed by atoms with Crippen molar-refractivity contribution in [1.82, 2.24) is 9.88 Å². The van der Waals surface area contributed by atoms with Crippen molar-refractivity contribution in [3.05, 3.63) is 22.8 Å². The smallest absolute Gasteiger partial charge is 0.128 e. The molecule has 2 N–H and O–H groups in total. The van der Waals surface area contributed by atoms with Crippen molar-refractivity contribution >= 4 is 39.0 Å². The third kappa shape index (κ3) is 3.18. The summed E-state index contributed by atoms with van der Waals surface area (Å²) >= 11 is 8.44. The van der Waals surface area contributed by atoms with E-state index in [4.69, 9.17) is 18.0 Å². The van der Waals surface area contributed by atoms with Crippen molar-refractivity contribution in [2.24, 2.45) is 5.73 Å². The number of rotatable bonds is 3. The van der Waals surface area contributed by atoms with Crippen LogP contribution in [0.3, 0.4) is 0 Å². The van der Waals surface area contributed by atoms with Crippen LogP contribution in [0.5, 0.6) is 0 Å². The van der Waals surface area contributed by atoms with Gasteiger partial charge in [0, 0.05) is 36.8 Å². The first kappa shape index (κ1) is 13.7. The van der Waals surface area contributed by atoms with Crippen LogP contribution in [-0.4, -0.2) is 47.1 Å². The Bertz CT molecular complexity index is 415. The minimum absolute atomic E-state index is 0.181. The fourth-order valence-corrected chi connectivity index (χ4v) is 2.46. The lowest BCUT2D eigenvalue weighted by atomic mass is 10.2. The van der Waals surface area contributed by atoms with E-state index in [2.05, 4.69) is 37.6 Å². The first-order valence-electron chi connectivity index (χ1n) is 5.98. The summed E-state index contributed by atoms with van der Waals surface area (Å²) in [5.41, 5.74) is 5.69. The maximum atomic E-state index is 5.69. The van der Waals surface area contributed by atoms with Gasteiger partial charge in [0.05, 0.1) is 11.0 Å². The van der Waals surface area contributed by atoms with Gasteiger partial charge < -0.3 is 10.6 Å². The van der Waals surface area contributed by atoms with E-state index in [0.29, 0.717) is 4.99 Å². The molecule has 1 aliphatic rings. The Morgan fingerprint density at radius 3 is 2.56 bits per heavy atom. The Morgan fingerprint density at radius 2 is 2.06 bits per heavy atom. The first-order valence-corrected chi connectivity index (χ1v) is 7.18. The number of hydrogen-bond acceptors (Lipinski definition) is 4. The number of anilines is 1. The summed E-state index contributed by atoms with van der Waals surface area (Å²) in [6, 6.07) is 4.24. The van der Waals surface area contributed by atoms with Crippen molar-refractivity contribution in [3.8, 4) is 0 Å². The van der Waals surface area contributed by atoms with E-state index in [1.54, 1.807) is 0 Å². The molecule has 1 aromatic heterocycles. The van der Waals surface area contributed by atoms with E-state index in [1.165, 1.54) is 0 Å². The van der Waals surface area contributed by atoms with Crippen molar-refractivity contribution in [2.45, 2.75) is 13.0 Å². The second-order valence-electron chi connectivity index (χ2n) is 4.44. The average Bonchev–Trinajstić information content (AvgIpc) is 2.39. The molecule has 0 aromatic carbocycles. The van der Waals surface area contributed by atoms with Gasteiger partial charge in [0.1, 0.15) is 5.82 Å². The molecule has 1 aliphatic heterocycles. The van der Waals surface area contributed by atoms with Crippen LogP contribution >= 0.6 is 28.1 Å². The van der Waals surface area contributed by atoms with Gasteiger partial charge >= 0.3 is 0 Å². The number of piperazine rings is 1. The molecule has 1 saturated heterocycles. The van der Waals surface area contributed by atoms with Gasteiger partial charge in [-0.25, -0.2) is 4.98 Å². The molecule has 0 aliphatic carbocycles. The van der Waals surface area contributed by atoms with Gasteiger partial charge in [-0.3, -0.25) is 4.90 Å². The fourth-order valence-electron chi connectivity index (χ4n) is 2.07. The van der Waals surface area contributed by atoms with Gasteiger partial charge in [-0.2, -0.15) is 0 Å². The number of hydrogen-bond donors (Lipinski definition) is 1. The quantitative estimate of drug-likeness (QED) is 0.855. The number of halogens is 1. The maximum absolute atomic E-state index is 5.69. The molecular weight excluding hydrogens is 312 g/mol. The fraction of sp³-hybridized carbons (Fsp3) is 0.500. The average molecular weight is 329 g/mol. The topological polar surface area (TPSA) is 45.4 Å². The summed E-state index contributed by atoms with van der Waals surface area (Å²) in [5.74, 6) is 1.03. The summed E-state index contributed by atoms with van der Waals surface area (Å²) in [5, 5.41) is 0. The van der Waals surface area contributed by atoms with Crippen LogP contribution in [0.1, 0.15) is 6.92 Å². The number of thiocarbonyl (C=S) groups is 1. The normalized spacial score (nSPS) is 18.7. The molecule has 98 valence electrons. The molecule has 18 heavy (non-hydrogen) atoms. The Labute approximate surface area is 121 Å². The summed E-state index contributed by atoms with van der Waals surface area (Å²) in [4.78, 5) is 9.60. The summed E-state index contributed by atoms with van der Waals surface area (Å²) in [6.07, 6.45) is 1.83. The Balaban J connectivity index is 1.94. The lowest BCUT2D eigenvalue weighted by molar-refractivity contribution is 0.239. The van der Waals surface area contributed by atoms with Crippen LogP contribution in [0.25, 0.3) is 0 Å². The van der Waals surface area contributed by atoms with Gasteiger partial charge in [-0.15, -0.1) is 0 Å². The van der Waals surface area contributed by atoms with Crippen molar-refractivity contribution in [2.75, 3.05) is 31.1 Å². The third-order valence-electron chi connectivity index (χ3n) is 3.31. The highest BCUT2D eigenvalue weighted by atomic mass is 79.9. The molecule has 1 fully saturated rings. The van der Waals surface area contributed by atoms with Crippen molar-refractivity contribution < 1.29 is 0 Å². The van der Waals surface area contributed by atoms with Gasteiger partial charge in [0.2, 0.25) is 0 Å². The monoisotopic (exact) mass is 328 g/mol. The predicted octanol–water partition coefficient (Wildman–Crippen LogP) is 1.64. The number of nitrogens with two attached hydrogens (primary N) is 1. The van der Waals surface area contributed by atoms with Gasteiger partial charge in [0.15, 0.2) is 0 Å². The summed E-state index contributed by atoms with van der Waals surface area (Å²) in [7, 11) is 0. The Hall–Kier alpha value is -0.720. The lowest BCUT2D eigenvalue weighted by Gasteiger charge is -2.38. The number of nitrogens with zero attached hydrogens (tertiary/aromatic N) is 3. The molecule has 0 amide bonds. The molecular formula is C12H17BrN4S. The molecule has 6 heteroatoms. The third-order valence-corrected chi connectivity index (χ3v) is 4.12. The Kier molecular flexibility index (Phi) is 4.53. The standard InChI is InChI=1S/C12H17BrN4S/c1-9(12(14)18)16-4-6-17(7-5-16)11-3-2-10(13)8-15-11/h2-3,8-9H,4-7H2,1H3,(H2,14,18). The van der Waals surface area contributed by atoms with Crippen LogP contribution < -0.4 is 10.6 Å². The first-order chi connectivity index (χ1) is 8.58. The SMILES string of the molecule is CC(C(N)=S)N1CCN(c2ccc(Br)cn2)CC1. The van der Waals surface area contributed by atoms with Gasteiger partial charge in [-0.1, -0.05) is 12.2 Å². The number of aromatic nitrogens is 1. The highest BCUT2D eigenvalue weighted by Gasteiger charge is 2.22. The highest BCUT2D eigenvalue weighted by molar-refractivity contribution is 9.10. The summed E-state index contributed by atoms with van der Waals surface area (Å²) in [6.45, 7) is 5.92. The highest BCUT2D eigenvalue weighted by Crippen LogP contribution is 2.17. The molecule has 0 saturated carbocycles. The number of pyridine rings is 1. The van der Waals surface area contributed by atoms with Crippen molar-refractivity contribution in [3.63, 3.8) is 0 Å². The van der Waals surface area contributed by atoms with E-state index in [9.17, 15) is 0 Å². The molecule has 2 rings (SSSR count). The molecule has 0 spiro atoms. The van der Waals surface area contributed by atoms with E-state index in [1.807, 2.05) is 18.3 Å². The predicted molar refractivity (Wildman–Crippen MR) is 82.0 cm³/mol. The minimum atomic E-state index is 0.181. The van der Waals surface area contributed by atoms with Crippen LogP contribution in [0.4, 0.5) is 5.82 Å². The zero-order valence-electron chi connectivity index (χ0n) is 10.3. The molecule has 1 atom stereocenters. The minimum Gasteiger partial charge on any atom is -0.392 e. The zero-order valence-corrected chi connectivity index (χ0v) is 12.7. The molecule has 0 radical (unpaired) electrons. The van der Waals surface area contributed by atoms with Crippen LogP contribution in [0.15, 0.2) is 22.8 Å². The molecule has 2 heterocycles. The molecule has 0 bridgehead atoms. The summed E-state index contributed by atoms with van der Waals surface area (Å²) < 4.78 is 1.01. The Morgan fingerprint density at radius 1 is 1.39 bits per heavy atom. The molecule has 1 aromatic rings. The van der Waals surface area contributed by atoms with Crippen molar-refractivity contribution in [1.29, 1.82) is 0 Å². The van der Waals surface area contributed by atoms with Crippen LogP contribution in [0.2, 0.25) is 0 Å². The molecule has 4 nitrogen and oxygen atoms in total. The van der Waals surface area contributed by atoms with E-state index in [0.717, 1.165) is 36.5 Å². The zero-order chi connectivity index (χ0) is 13.1. The second-order valence-corrected chi connectivity index (χ2v) is 5.82. The largest absolute Gasteiger partial charge is 0.392 e. The lowest BCUT2D eigenvalue weighted by Crippen LogP contribution is -2.52. The van der Waals surface area contributed by atoms with E-state index >= 15 is 0 Å². The molecule has 1 unspecified atom stereocenters. The van der Waals surface area contributed by atoms with Crippen LogP contribution in [-0.2, 0) is 0 Å². The van der Waals surface area contributed by atoms with E-state index < -0.39 is 0 Å². The maximum Gasteiger partial charge on any atom is 0.128 e. The van der Waals surface area contributed by atoms with Crippen LogP contribution in [0, 0.1) is 0 Å². The van der Waals surface area contributed by atoms with Gasteiger partial charge in [-0.05, 0) is 35.0 Å². The second kappa shape index (κ2) is 5.95. The van der Waals surface area contributed by atoms with Gasteiger partial charge in [0.25, 0.3) is 0 Å². The van der Waals surface area contributed by atoms with E-state index in [-0.39, 0.29) is 6.04 Å².